The predicted molar refractivity (Wildman–Crippen MR) is 82.6 cm³/mol. The highest BCUT2D eigenvalue weighted by molar-refractivity contribution is 9.10. The van der Waals surface area contributed by atoms with Gasteiger partial charge in [-0.1, -0.05) is 6.07 Å². The highest BCUT2D eigenvalue weighted by Crippen LogP contribution is 2.33. The zero-order valence-electron chi connectivity index (χ0n) is 11.8. The van der Waals surface area contributed by atoms with Crippen molar-refractivity contribution in [3.63, 3.8) is 0 Å². The Morgan fingerprint density at radius 3 is 2.65 bits per heavy atom. The second-order valence-electron chi connectivity index (χ2n) is 5.89. The molecule has 0 aromatic heterocycles. The van der Waals surface area contributed by atoms with Gasteiger partial charge in [-0.15, -0.1) is 0 Å². The van der Waals surface area contributed by atoms with E-state index in [0.29, 0.717) is 10.2 Å². The molecule has 2 rings (SSSR count). The SMILES string of the molecule is CC(C)(C)S(=O)N[C@H]1CC[C@@H]1Oc1cccc(F)c1Br. The van der Waals surface area contributed by atoms with Crippen molar-refractivity contribution < 1.29 is 13.3 Å². The Morgan fingerprint density at radius 1 is 1.40 bits per heavy atom. The van der Waals surface area contributed by atoms with E-state index in [0.717, 1.165) is 12.8 Å². The van der Waals surface area contributed by atoms with Gasteiger partial charge in [0.2, 0.25) is 0 Å². The summed E-state index contributed by atoms with van der Waals surface area (Å²) in [4.78, 5) is 0. The summed E-state index contributed by atoms with van der Waals surface area (Å²) >= 11 is 3.18. The second kappa shape index (κ2) is 6.12. The first-order chi connectivity index (χ1) is 9.29. The smallest absolute Gasteiger partial charge is 0.141 e. The first kappa shape index (κ1) is 15.9. The molecule has 1 aromatic rings. The highest BCUT2D eigenvalue weighted by atomic mass is 79.9. The fourth-order valence-corrected chi connectivity index (χ4v) is 3.05. The Balaban J connectivity index is 1.98. The van der Waals surface area contributed by atoms with Gasteiger partial charge < -0.3 is 4.74 Å². The highest BCUT2D eigenvalue weighted by Gasteiger charge is 2.36. The molecule has 1 aliphatic rings. The minimum atomic E-state index is -1.12. The van der Waals surface area contributed by atoms with Crippen LogP contribution in [0.25, 0.3) is 0 Å². The van der Waals surface area contributed by atoms with Crippen molar-refractivity contribution in [1.82, 2.24) is 4.72 Å². The van der Waals surface area contributed by atoms with Crippen molar-refractivity contribution in [3.05, 3.63) is 28.5 Å². The maximum Gasteiger partial charge on any atom is 0.141 e. The molecular formula is C14H19BrFNO2S. The molecule has 1 aromatic carbocycles. The predicted octanol–water partition coefficient (Wildman–Crippen LogP) is 3.55. The molecule has 1 unspecified atom stereocenters. The molecule has 1 fully saturated rings. The molecule has 3 nitrogen and oxygen atoms in total. The van der Waals surface area contributed by atoms with Gasteiger partial charge in [0.25, 0.3) is 0 Å². The lowest BCUT2D eigenvalue weighted by Crippen LogP contribution is -2.53. The van der Waals surface area contributed by atoms with Crippen LogP contribution in [0.15, 0.2) is 22.7 Å². The lowest BCUT2D eigenvalue weighted by molar-refractivity contribution is 0.0841. The molecule has 0 amide bonds. The number of hydrogen-bond donors (Lipinski definition) is 1. The van der Waals surface area contributed by atoms with Crippen molar-refractivity contribution >= 4 is 26.9 Å². The van der Waals surface area contributed by atoms with Crippen LogP contribution in [0.5, 0.6) is 5.75 Å². The molecule has 0 radical (unpaired) electrons. The molecular weight excluding hydrogens is 345 g/mol. The Morgan fingerprint density at radius 2 is 2.10 bits per heavy atom. The minimum Gasteiger partial charge on any atom is -0.487 e. The van der Waals surface area contributed by atoms with E-state index >= 15 is 0 Å². The third kappa shape index (κ3) is 3.59. The van der Waals surface area contributed by atoms with Gasteiger partial charge in [-0.3, -0.25) is 0 Å². The topological polar surface area (TPSA) is 38.3 Å². The summed E-state index contributed by atoms with van der Waals surface area (Å²) in [5.41, 5.74) is 0. The van der Waals surface area contributed by atoms with Crippen LogP contribution in [0, 0.1) is 5.82 Å². The van der Waals surface area contributed by atoms with Gasteiger partial charge in [-0.2, -0.15) is 0 Å². The number of ether oxygens (including phenoxy) is 1. The van der Waals surface area contributed by atoms with E-state index < -0.39 is 11.0 Å². The first-order valence-electron chi connectivity index (χ1n) is 6.58. The molecule has 1 saturated carbocycles. The van der Waals surface area contributed by atoms with Gasteiger partial charge in [-0.25, -0.2) is 13.3 Å². The maximum atomic E-state index is 13.4. The molecule has 0 saturated heterocycles. The third-order valence-electron chi connectivity index (χ3n) is 3.22. The molecule has 0 heterocycles. The molecule has 112 valence electrons. The lowest BCUT2D eigenvalue weighted by atomic mass is 9.90. The molecule has 0 aliphatic heterocycles. The van der Waals surface area contributed by atoms with E-state index in [9.17, 15) is 8.60 Å². The van der Waals surface area contributed by atoms with E-state index in [1.807, 2.05) is 20.8 Å². The molecule has 6 heteroatoms. The van der Waals surface area contributed by atoms with E-state index in [1.54, 1.807) is 12.1 Å². The first-order valence-corrected chi connectivity index (χ1v) is 8.52. The zero-order chi connectivity index (χ0) is 14.9. The summed E-state index contributed by atoms with van der Waals surface area (Å²) < 4.78 is 34.4. The number of benzene rings is 1. The lowest BCUT2D eigenvalue weighted by Gasteiger charge is -2.38. The molecule has 1 aliphatic carbocycles. The summed E-state index contributed by atoms with van der Waals surface area (Å²) in [6.07, 6.45) is 1.72. The normalized spacial score (nSPS) is 24.1. The monoisotopic (exact) mass is 363 g/mol. The summed E-state index contributed by atoms with van der Waals surface area (Å²) in [6.45, 7) is 5.77. The van der Waals surface area contributed by atoms with Gasteiger partial charge in [0.05, 0.1) is 26.2 Å². The number of nitrogens with one attached hydrogen (secondary N) is 1. The van der Waals surface area contributed by atoms with Gasteiger partial charge >= 0.3 is 0 Å². The Bertz CT molecular complexity index is 518. The Kier molecular flexibility index (Phi) is 4.87. The van der Waals surface area contributed by atoms with Crippen LogP contribution in [0.2, 0.25) is 0 Å². The average Bonchev–Trinajstić information content (AvgIpc) is 2.34. The van der Waals surface area contributed by atoms with E-state index in [1.165, 1.54) is 6.07 Å². The van der Waals surface area contributed by atoms with Crippen molar-refractivity contribution in [2.45, 2.75) is 50.5 Å². The Labute approximate surface area is 130 Å². The van der Waals surface area contributed by atoms with Crippen molar-refractivity contribution in [2.75, 3.05) is 0 Å². The van der Waals surface area contributed by atoms with Gasteiger partial charge in [-0.05, 0) is 61.7 Å². The van der Waals surface area contributed by atoms with Crippen LogP contribution < -0.4 is 9.46 Å². The van der Waals surface area contributed by atoms with Gasteiger partial charge in [0.15, 0.2) is 0 Å². The van der Waals surface area contributed by atoms with Crippen molar-refractivity contribution in [1.29, 1.82) is 0 Å². The molecule has 20 heavy (non-hydrogen) atoms. The van der Waals surface area contributed by atoms with Crippen molar-refractivity contribution in [2.24, 2.45) is 0 Å². The van der Waals surface area contributed by atoms with Crippen LogP contribution in [-0.2, 0) is 11.0 Å². The molecule has 0 spiro atoms. The van der Waals surface area contributed by atoms with Crippen molar-refractivity contribution in [3.8, 4) is 5.75 Å². The number of halogens is 2. The fourth-order valence-electron chi connectivity index (χ4n) is 1.80. The third-order valence-corrected chi connectivity index (χ3v) is 5.62. The minimum absolute atomic E-state index is 0.0465. The Hall–Kier alpha value is -0.460. The van der Waals surface area contributed by atoms with Crippen LogP contribution >= 0.6 is 15.9 Å². The second-order valence-corrected chi connectivity index (χ2v) is 8.68. The summed E-state index contributed by atoms with van der Waals surface area (Å²) in [5, 5.41) is 0. The average molecular weight is 364 g/mol. The number of hydrogen-bond acceptors (Lipinski definition) is 2. The van der Waals surface area contributed by atoms with Crippen LogP contribution in [-0.4, -0.2) is 21.1 Å². The van der Waals surface area contributed by atoms with Gasteiger partial charge in [0.1, 0.15) is 17.7 Å². The molecule has 1 N–H and O–H groups in total. The summed E-state index contributed by atoms with van der Waals surface area (Å²) in [6, 6.07) is 4.76. The van der Waals surface area contributed by atoms with E-state index in [4.69, 9.17) is 4.74 Å². The van der Waals surface area contributed by atoms with Crippen LogP contribution in [0.3, 0.4) is 0 Å². The summed E-state index contributed by atoms with van der Waals surface area (Å²) in [5.74, 6) is 0.146. The summed E-state index contributed by atoms with van der Waals surface area (Å²) in [7, 11) is -1.12. The van der Waals surface area contributed by atoms with Crippen LogP contribution in [0.4, 0.5) is 4.39 Å². The van der Waals surface area contributed by atoms with Gasteiger partial charge in [0, 0.05) is 0 Å². The fraction of sp³-hybridized carbons (Fsp3) is 0.571. The van der Waals surface area contributed by atoms with E-state index in [-0.39, 0.29) is 22.7 Å². The van der Waals surface area contributed by atoms with Crippen LogP contribution in [0.1, 0.15) is 33.6 Å². The largest absolute Gasteiger partial charge is 0.487 e. The maximum absolute atomic E-state index is 13.4. The molecule has 0 bridgehead atoms. The molecule has 3 atom stereocenters. The number of rotatable bonds is 4. The zero-order valence-corrected chi connectivity index (χ0v) is 14.2. The standard InChI is InChI=1S/C14H19BrFNO2S/c1-14(2,3)20(18)17-10-7-8-11(10)19-12-6-4-5-9(16)13(12)15/h4-6,10-11,17H,7-8H2,1-3H3/t10-,11-,20?/m0/s1. The van der Waals surface area contributed by atoms with E-state index in [2.05, 4.69) is 20.7 Å². The quantitative estimate of drug-likeness (QED) is 0.888.